The smallest absolute Gasteiger partial charge is 0.192 e. The summed E-state index contributed by atoms with van der Waals surface area (Å²) in [5.41, 5.74) is 6.81. The molecule has 0 amide bonds. The Labute approximate surface area is 129 Å². The number of halogens is 1. The molecule has 0 bridgehead atoms. The van der Waals surface area contributed by atoms with Crippen molar-refractivity contribution in [3.05, 3.63) is 29.6 Å². The summed E-state index contributed by atoms with van der Waals surface area (Å²) in [7, 11) is -1.74. The van der Waals surface area contributed by atoms with Crippen molar-refractivity contribution in [3.63, 3.8) is 0 Å². The van der Waals surface area contributed by atoms with Crippen LogP contribution >= 0.6 is 0 Å². The molecule has 0 saturated carbocycles. The SMILES string of the molecule is CC(CO[Si](C)(C)C(C)(C)C)NCc1c(N)cccc1F. The molecule has 0 heterocycles. The lowest BCUT2D eigenvalue weighted by atomic mass is 10.1. The highest BCUT2D eigenvalue weighted by Crippen LogP contribution is 2.36. The van der Waals surface area contributed by atoms with Crippen molar-refractivity contribution in [1.29, 1.82) is 0 Å². The summed E-state index contributed by atoms with van der Waals surface area (Å²) in [4.78, 5) is 0. The van der Waals surface area contributed by atoms with E-state index in [-0.39, 0.29) is 16.9 Å². The summed E-state index contributed by atoms with van der Waals surface area (Å²) in [5.74, 6) is -0.264. The maximum atomic E-state index is 13.7. The first-order valence-electron chi connectivity index (χ1n) is 7.45. The predicted octanol–water partition coefficient (Wildman–Crippen LogP) is 3.91. The molecule has 1 aromatic rings. The zero-order valence-electron chi connectivity index (χ0n) is 14.1. The summed E-state index contributed by atoms with van der Waals surface area (Å²) in [6.07, 6.45) is 0. The monoisotopic (exact) mass is 312 g/mol. The lowest BCUT2D eigenvalue weighted by molar-refractivity contribution is 0.249. The van der Waals surface area contributed by atoms with E-state index in [9.17, 15) is 4.39 Å². The average molecular weight is 313 g/mol. The molecule has 21 heavy (non-hydrogen) atoms. The average Bonchev–Trinajstić information content (AvgIpc) is 2.34. The third kappa shape index (κ3) is 5.09. The zero-order valence-corrected chi connectivity index (χ0v) is 15.1. The van der Waals surface area contributed by atoms with Crippen LogP contribution in [0.2, 0.25) is 18.1 Å². The molecule has 0 aromatic heterocycles. The molecule has 1 atom stereocenters. The minimum absolute atomic E-state index is 0.151. The minimum atomic E-state index is -1.74. The molecule has 5 heteroatoms. The zero-order chi connectivity index (χ0) is 16.3. The minimum Gasteiger partial charge on any atom is -0.415 e. The number of hydrogen-bond acceptors (Lipinski definition) is 3. The van der Waals surface area contributed by atoms with Crippen molar-refractivity contribution in [3.8, 4) is 0 Å². The van der Waals surface area contributed by atoms with E-state index in [1.54, 1.807) is 12.1 Å². The van der Waals surface area contributed by atoms with Crippen molar-refractivity contribution in [2.45, 2.75) is 58.4 Å². The van der Waals surface area contributed by atoms with Gasteiger partial charge in [-0.15, -0.1) is 0 Å². The highest BCUT2D eigenvalue weighted by atomic mass is 28.4. The molecule has 1 aromatic carbocycles. The first kappa shape index (κ1) is 18.1. The maximum Gasteiger partial charge on any atom is 0.192 e. The van der Waals surface area contributed by atoms with Crippen LogP contribution in [0.25, 0.3) is 0 Å². The van der Waals surface area contributed by atoms with Gasteiger partial charge in [0.15, 0.2) is 8.32 Å². The van der Waals surface area contributed by atoms with Crippen LogP contribution < -0.4 is 11.1 Å². The highest BCUT2D eigenvalue weighted by Gasteiger charge is 2.37. The van der Waals surface area contributed by atoms with Crippen LogP contribution in [0.5, 0.6) is 0 Å². The van der Waals surface area contributed by atoms with Crippen LogP contribution in [-0.2, 0) is 11.0 Å². The predicted molar refractivity (Wildman–Crippen MR) is 90.3 cm³/mol. The summed E-state index contributed by atoms with van der Waals surface area (Å²) in [5, 5.41) is 3.48. The number of rotatable bonds is 6. The molecule has 0 aliphatic rings. The van der Waals surface area contributed by atoms with E-state index in [0.717, 1.165) is 0 Å². The quantitative estimate of drug-likeness (QED) is 0.618. The molecule has 120 valence electrons. The molecule has 3 nitrogen and oxygen atoms in total. The van der Waals surface area contributed by atoms with Crippen LogP contribution in [0.1, 0.15) is 33.3 Å². The molecule has 3 N–H and O–H groups in total. The fraction of sp³-hybridized carbons (Fsp3) is 0.625. The third-order valence-electron chi connectivity index (χ3n) is 4.28. The maximum absolute atomic E-state index is 13.7. The van der Waals surface area contributed by atoms with E-state index < -0.39 is 8.32 Å². The lowest BCUT2D eigenvalue weighted by Gasteiger charge is -2.37. The van der Waals surface area contributed by atoms with Crippen LogP contribution in [0.4, 0.5) is 10.1 Å². The van der Waals surface area contributed by atoms with Gasteiger partial charge < -0.3 is 15.5 Å². The largest absolute Gasteiger partial charge is 0.415 e. The number of benzene rings is 1. The second kappa shape index (κ2) is 6.90. The number of nitrogens with two attached hydrogens (primary N) is 1. The van der Waals surface area contributed by atoms with Gasteiger partial charge in [0.1, 0.15) is 5.82 Å². The first-order chi connectivity index (χ1) is 9.54. The Balaban J connectivity index is 2.50. The van der Waals surface area contributed by atoms with Gasteiger partial charge in [-0.2, -0.15) is 0 Å². The van der Waals surface area contributed by atoms with Crippen molar-refractivity contribution in [2.75, 3.05) is 12.3 Å². The molecule has 1 rings (SSSR count). The molecule has 0 spiro atoms. The van der Waals surface area contributed by atoms with Gasteiger partial charge in [0.25, 0.3) is 0 Å². The van der Waals surface area contributed by atoms with Gasteiger partial charge in [-0.1, -0.05) is 26.8 Å². The molecule has 1 unspecified atom stereocenters. The van der Waals surface area contributed by atoms with Gasteiger partial charge in [0, 0.05) is 30.4 Å². The van der Waals surface area contributed by atoms with Crippen molar-refractivity contribution in [1.82, 2.24) is 5.32 Å². The first-order valence-corrected chi connectivity index (χ1v) is 10.4. The van der Waals surface area contributed by atoms with Crippen LogP contribution in [0.15, 0.2) is 18.2 Å². The lowest BCUT2D eigenvalue weighted by Crippen LogP contribution is -2.44. The number of nitrogen functional groups attached to an aromatic ring is 1. The Morgan fingerprint density at radius 2 is 1.95 bits per heavy atom. The van der Waals surface area contributed by atoms with Gasteiger partial charge in [0.05, 0.1) is 0 Å². The second-order valence-corrected chi connectivity index (χ2v) is 12.0. The van der Waals surface area contributed by atoms with Crippen LogP contribution in [0, 0.1) is 5.82 Å². The normalized spacial score (nSPS) is 14.2. The van der Waals surface area contributed by atoms with E-state index in [1.807, 2.05) is 6.92 Å². The van der Waals surface area contributed by atoms with Crippen LogP contribution in [-0.4, -0.2) is 21.0 Å². The fourth-order valence-corrected chi connectivity index (χ4v) is 2.75. The van der Waals surface area contributed by atoms with Gasteiger partial charge in [-0.25, -0.2) is 4.39 Å². The van der Waals surface area contributed by atoms with E-state index >= 15 is 0 Å². The Kier molecular flexibility index (Phi) is 5.96. The fourth-order valence-electron chi connectivity index (χ4n) is 1.65. The molecular formula is C16H29FN2OSi. The second-order valence-electron chi connectivity index (χ2n) is 7.16. The number of anilines is 1. The van der Waals surface area contributed by atoms with Crippen molar-refractivity contribution >= 4 is 14.0 Å². The highest BCUT2D eigenvalue weighted by molar-refractivity contribution is 6.74. The molecule has 0 radical (unpaired) electrons. The molecule has 0 aliphatic carbocycles. The van der Waals surface area contributed by atoms with Gasteiger partial charge in [-0.3, -0.25) is 0 Å². The number of nitrogens with one attached hydrogen (secondary N) is 1. The summed E-state index contributed by atoms with van der Waals surface area (Å²) in [6, 6.07) is 4.93. The topological polar surface area (TPSA) is 47.3 Å². The summed E-state index contributed by atoms with van der Waals surface area (Å²) in [6.45, 7) is 14.2. The Hall–Kier alpha value is -0.913. The number of hydrogen-bond donors (Lipinski definition) is 2. The Morgan fingerprint density at radius 1 is 1.33 bits per heavy atom. The van der Waals surface area contributed by atoms with Crippen molar-refractivity contribution < 1.29 is 8.82 Å². The van der Waals surface area contributed by atoms with E-state index in [0.29, 0.717) is 24.4 Å². The van der Waals surface area contributed by atoms with Crippen molar-refractivity contribution in [2.24, 2.45) is 0 Å². The van der Waals surface area contributed by atoms with Gasteiger partial charge >= 0.3 is 0 Å². The summed E-state index contributed by atoms with van der Waals surface area (Å²) >= 11 is 0. The van der Waals surface area contributed by atoms with Gasteiger partial charge in [0.2, 0.25) is 0 Å². The van der Waals surface area contributed by atoms with Crippen LogP contribution in [0.3, 0.4) is 0 Å². The van der Waals surface area contributed by atoms with E-state index in [1.165, 1.54) is 6.07 Å². The summed E-state index contributed by atoms with van der Waals surface area (Å²) < 4.78 is 19.8. The molecular weight excluding hydrogens is 283 g/mol. The third-order valence-corrected chi connectivity index (χ3v) is 8.78. The molecule has 0 aliphatic heterocycles. The Bertz CT molecular complexity index is 452. The van der Waals surface area contributed by atoms with E-state index in [2.05, 4.69) is 39.2 Å². The molecule has 0 saturated heterocycles. The Morgan fingerprint density at radius 3 is 2.48 bits per heavy atom. The van der Waals surface area contributed by atoms with Gasteiger partial charge in [-0.05, 0) is 37.2 Å². The molecule has 0 fully saturated rings. The van der Waals surface area contributed by atoms with E-state index in [4.69, 9.17) is 10.2 Å². The standard InChI is InChI=1S/C16H29FN2OSi/c1-12(11-20-21(5,6)16(2,3)4)19-10-13-14(17)8-7-9-15(13)18/h7-9,12,19H,10-11,18H2,1-6H3.